The summed E-state index contributed by atoms with van der Waals surface area (Å²) in [7, 11) is 0. The van der Waals surface area contributed by atoms with Crippen molar-refractivity contribution in [2.45, 2.75) is 26.3 Å². The van der Waals surface area contributed by atoms with Crippen molar-refractivity contribution in [1.82, 2.24) is 15.3 Å². The molecule has 1 atom stereocenters. The zero-order valence-corrected chi connectivity index (χ0v) is 11.9. The predicted molar refractivity (Wildman–Crippen MR) is 77.1 cm³/mol. The smallest absolute Gasteiger partial charge is 0.326 e. The van der Waals surface area contributed by atoms with Crippen molar-refractivity contribution in [1.29, 1.82) is 0 Å². The molecule has 0 aliphatic rings. The fourth-order valence-corrected chi connectivity index (χ4v) is 1.94. The zero-order chi connectivity index (χ0) is 15.4. The van der Waals surface area contributed by atoms with Gasteiger partial charge in [-0.05, 0) is 37.1 Å². The van der Waals surface area contributed by atoms with Crippen LogP contribution in [0.2, 0.25) is 0 Å². The molecule has 2 aromatic rings. The van der Waals surface area contributed by atoms with Crippen molar-refractivity contribution >= 4 is 11.9 Å². The summed E-state index contributed by atoms with van der Waals surface area (Å²) >= 11 is 0. The summed E-state index contributed by atoms with van der Waals surface area (Å²) in [5.41, 5.74) is 3.18. The van der Waals surface area contributed by atoms with Gasteiger partial charge < -0.3 is 15.4 Å². The second-order valence-corrected chi connectivity index (χ2v) is 4.94. The molecule has 0 aliphatic carbocycles. The maximum atomic E-state index is 12.2. The van der Waals surface area contributed by atoms with Gasteiger partial charge in [0.15, 0.2) is 0 Å². The first-order valence-corrected chi connectivity index (χ1v) is 6.55. The lowest BCUT2D eigenvalue weighted by atomic mass is 10.1. The number of imidazole rings is 1. The normalized spacial score (nSPS) is 11.9. The lowest BCUT2D eigenvalue weighted by Crippen LogP contribution is -2.42. The van der Waals surface area contributed by atoms with Gasteiger partial charge in [-0.15, -0.1) is 0 Å². The first kappa shape index (κ1) is 14.8. The number of aromatic amines is 1. The molecule has 0 bridgehead atoms. The third-order valence-corrected chi connectivity index (χ3v) is 3.35. The number of aromatic nitrogens is 2. The van der Waals surface area contributed by atoms with Gasteiger partial charge in [0.05, 0.1) is 6.33 Å². The SMILES string of the molecule is Cc1ccc(C(=O)NC(Cc2cnc[nH]2)C(=O)O)cc1C. The maximum absolute atomic E-state index is 12.2. The van der Waals surface area contributed by atoms with Gasteiger partial charge in [-0.3, -0.25) is 4.79 Å². The highest BCUT2D eigenvalue weighted by molar-refractivity contribution is 5.96. The number of aliphatic carboxylic acids is 1. The Kier molecular flexibility index (Phi) is 4.37. The Balaban J connectivity index is 2.10. The van der Waals surface area contributed by atoms with E-state index in [0.717, 1.165) is 11.1 Å². The molecular weight excluding hydrogens is 270 g/mol. The highest BCUT2D eigenvalue weighted by Crippen LogP contribution is 2.10. The van der Waals surface area contributed by atoms with Crippen LogP contribution in [0.4, 0.5) is 0 Å². The third kappa shape index (κ3) is 3.68. The average Bonchev–Trinajstić information content (AvgIpc) is 2.93. The number of benzene rings is 1. The van der Waals surface area contributed by atoms with Crippen molar-refractivity contribution in [3.63, 3.8) is 0 Å². The van der Waals surface area contributed by atoms with Crippen LogP contribution in [-0.4, -0.2) is 33.0 Å². The number of nitrogens with one attached hydrogen (secondary N) is 2. The van der Waals surface area contributed by atoms with E-state index < -0.39 is 17.9 Å². The molecule has 21 heavy (non-hydrogen) atoms. The minimum absolute atomic E-state index is 0.159. The Morgan fingerprint density at radius 2 is 2.10 bits per heavy atom. The molecule has 1 heterocycles. The molecule has 6 heteroatoms. The Hall–Kier alpha value is -2.63. The van der Waals surface area contributed by atoms with E-state index in [9.17, 15) is 14.7 Å². The van der Waals surface area contributed by atoms with Gasteiger partial charge in [0.2, 0.25) is 0 Å². The second-order valence-electron chi connectivity index (χ2n) is 4.94. The number of rotatable bonds is 5. The van der Waals surface area contributed by atoms with Crippen LogP contribution in [-0.2, 0) is 11.2 Å². The quantitative estimate of drug-likeness (QED) is 0.775. The van der Waals surface area contributed by atoms with Gasteiger partial charge >= 0.3 is 5.97 Å². The van der Waals surface area contributed by atoms with Crippen molar-refractivity contribution in [3.8, 4) is 0 Å². The van der Waals surface area contributed by atoms with E-state index in [1.807, 2.05) is 19.9 Å². The number of aryl methyl sites for hydroxylation is 2. The van der Waals surface area contributed by atoms with Gasteiger partial charge in [0, 0.05) is 23.9 Å². The number of amides is 1. The molecule has 1 amide bonds. The largest absolute Gasteiger partial charge is 0.480 e. The van der Waals surface area contributed by atoms with Crippen LogP contribution in [0.5, 0.6) is 0 Å². The average molecular weight is 287 g/mol. The number of carboxylic acids is 1. The molecule has 0 saturated carbocycles. The van der Waals surface area contributed by atoms with Crippen LogP contribution in [0.3, 0.4) is 0 Å². The van der Waals surface area contributed by atoms with Crippen LogP contribution < -0.4 is 5.32 Å². The molecule has 0 saturated heterocycles. The first-order chi connectivity index (χ1) is 9.97. The highest BCUT2D eigenvalue weighted by Gasteiger charge is 2.21. The number of hydrogen-bond acceptors (Lipinski definition) is 3. The molecule has 3 N–H and O–H groups in total. The summed E-state index contributed by atoms with van der Waals surface area (Å²) in [4.78, 5) is 30.1. The summed E-state index contributed by atoms with van der Waals surface area (Å²) in [6.07, 6.45) is 3.17. The summed E-state index contributed by atoms with van der Waals surface area (Å²) in [6, 6.07) is 4.28. The van der Waals surface area contributed by atoms with Gasteiger partial charge in [-0.1, -0.05) is 6.07 Å². The van der Waals surface area contributed by atoms with Crippen molar-refractivity contribution in [3.05, 3.63) is 53.1 Å². The molecule has 6 nitrogen and oxygen atoms in total. The highest BCUT2D eigenvalue weighted by atomic mass is 16.4. The number of carboxylic acid groups (broad SMARTS) is 1. The Bertz CT molecular complexity index is 650. The monoisotopic (exact) mass is 287 g/mol. The van der Waals surface area contributed by atoms with E-state index in [1.54, 1.807) is 12.1 Å². The van der Waals surface area contributed by atoms with E-state index >= 15 is 0 Å². The summed E-state index contributed by atoms with van der Waals surface area (Å²) < 4.78 is 0. The second kappa shape index (κ2) is 6.21. The minimum Gasteiger partial charge on any atom is -0.480 e. The van der Waals surface area contributed by atoms with E-state index in [4.69, 9.17) is 0 Å². The summed E-state index contributed by atoms with van der Waals surface area (Å²) in [6.45, 7) is 3.86. The van der Waals surface area contributed by atoms with Crippen LogP contribution in [0.1, 0.15) is 27.2 Å². The zero-order valence-electron chi connectivity index (χ0n) is 11.9. The molecule has 0 fully saturated rings. The summed E-state index contributed by atoms with van der Waals surface area (Å²) in [5.74, 6) is -1.48. The Labute approximate surface area is 122 Å². The fraction of sp³-hybridized carbons (Fsp3) is 0.267. The van der Waals surface area contributed by atoms with Crippen molar-refractivity contribution in [2.24, 2.45) is 0 Å². The minimum atomic E-state index is -1.08. The number of H-pyrrole nitrogens is 1. The van der Waals surface area contributed by atoms with Gasteiger partial charge in [0.25, 0.3) is 5.91 Å². The number of carbonyl (C=O) groups excluding carboxylic acids is 1. The lowest BCUT2D eigenvalue weighted by Gasteiger charge is -2.14. The van der Waals surface area contributed by atoms with Crippen LogP contribution >= 0.6 is 0 Å². The van der Waals surface area contributed by atoms with E-state index in [0.29, 0.717) is 11.3 Å². The molecule has 0 spiro atoms. The topological polar surface area (TPSA) is 95.1 Å². The Morgan fingerprint density at radius 1 is 1.33 bits per heavy atom. The number of hydrogen-bond donors (Lipinski definition) is 3. The first-order valence-electron chi connectivity index (χ1n) is 6.55. The van der Waals surface area contributed by atoms with Crippen LogP contribution in [0.25, 0.3) is 0 Å². The van der Waals surface area contributed by atoms with Gasteiger partial charge in [-0.2, -0.15) is 0 Å². The molecule has 110 valence electrons. The fourth-order valence-electron chi connectivity index (χ4n) is 1.94. The molecule has 0 aliphatic heterocycles. The van der Waals surface area contributed by atoms with E-state index in [1.165, 1.54) is 12.5 Å². The summed E-state index contributed by atoms with van der Waals surface area (Å²) in [5, 5.41) is 11.7. The van der Waals surface area contributed by atoms with Crippen molar-refractivity contribution in [2.75, 3.05) is 0 Å². The molecule has 0 radical (unpaired) electrons. The lowest BCUT2D eigenvalue weighted by molar-refractivity contribution is -0.139. The predicted octanol–water partition coefficient (Wildman–Crippen LogP) is 1.45. The van der Waals surface area contributed by atoms with Crippen molar-refractivity contribution < 1.29 is 14.7 Å². The molecule has 2 rings (SSSR count). The maximum Gasteiger partial charge on any atom is 0.326 e. The van der Waals surface area contributed by atoms with E-state index in [-0.39, 0.29) is 6.42 Å². The van der Waals surface area contributed by atoms with Gasteiger partial charge in [0.1, 0.15) is 6.04 Å². The van der Waals surface area contributed by atoms with Crippen LogP contribution in [0.15, 0.2) is 30.7 Å². The van der Waals surface area contributed by atoms with E-state index in [2.05, 4.69) is 15.3 Å². The van der Waals surface area contributed by atoms with Gasteiger partial charge in [-0.25, -0.2) is 9.78 Å². The Morgan fingerprint density at radius 3 is 2.67 bits per heavy atom. The number of carbonyl (C=O) groups is 2. The van der Waals surface area contributed by atoms with Crippen LogP contribution in [0, 0.1) is 13.8 Å². The standard InChI is InChI=1S/C15H17N3O3/c1-9-3-4-11(5-10(9)2)14(19)18-13(15(20)21)6-12-7-16-8-17-12/h3-5,7-8,13H,6H2,1-2H3,(H,16,17)(H,18,19)(H,20,21). The number of nitrogens with zero attached hydrogens (tertiary/aromatic N) is 1. The third-order valence-electron chi connectivity index (χ3n) is 3.35. The molecule has 1 unspecified atom stereocenters. The molecule has 1 aromatic heterocycles. The molecule has 1 aromatic carbocycles. The molecular formula is C15H17N3O3.